The van der Waals surface area contributed by atoms with Gasteiger partial charge >= 0.3 is 21.1 Å². The molecule has 0 amide bonds. The Morgan fingerprint density at radius 3 is 0.729 bits per heavy atom. The van der Waals surface area contributed by atoms with Crippen molar-refractivity contribution in [1.82, 2.24) is 0 Å². The Bertz CT molecular complexity index is 1720. The van der Waals surface area contributed by atoms with Gasteiger partial charge in [-0.1, -0.05) is 246 Å². The van der Waals surface area contributed by atoms with Crippen LogP contribution in [0.1, 0.15) is 229 Å². The Kier molecular flexibility index (Phi) is 43.1. The molecule has 0 N–H and O–H groups in total. The number of unbranched alkanes of at least 4 members (excludes halogenated alkanes) is 18. The first-order chi connectivity index (χ1) is 32.9. The topological polar surface area (TPSA) is 96.9 Å². The Morgan fingerprint density at radius 1 is 0.343 bits per heavy atom. The summed E-state index contributed by atoms with van der Waals surface area (Å²) < 4.78 is 16.3. The van der Waals surface area contributed by atoms with Gasteiger partial charge in [-0.05, 0) is 129 Å². The summed E-state index contributed by atoms with van der Waals surface area (Å²) in [5.74, 6) is 1.92. The van der Waals surface area contributed by atoms with E-state index in [4.69, 9.17) is 85.7 Å². The molecule has 0 aromatic heterocycles. The normalized spacial score (nSPS) is 13.5. The second kappa shape index (κ2) is 42.7. The van der Waals surface area contributed by atoms with Crippen molar-refractivity contribution in [2.24, 2.45) is 0 Å². The maximum atomic E-state index is 11.7. The first kappa shape index (κ1) is 70.6. The quantitative estimate of drug-likeness (QED) is 0.0240. The van der Waals surface area contributed by atoms with Gasteiger partial charge in [-0.15, -0.1) is 0 Å². The molecule has 0 aliphatic heterocycles. The summed E-state index contributed by atoms with van der Waals surface area (Å²) in [6.45, 7) is 13.3. The van der Waals surface area contributed by atoms with E-state index in [0.717, 1.165) is 74.5 Å². The maximum Gasteiger partial charge on any atom is 6.00 e. The second-order valence-corrected chi connectivity index (χ2v) is 32.1. The van der Waals surface area contributed by atoms with Crippen molar-refractivity contribution in [1.29, 1.82) is 0 Å². The molecule has 3 aromatic rings. The van der Waals surface area contributed by atoms with Crippen LogP contribution in [0.5, 0.6) is 17.2 Å². The van der Waals surface area contributed by atoms with Gasteiger partial charge in [0, 0.05) is 0 Å². The van der Waals surface area contributed by atoms with Crippen LogP contribution in [-0.2, 0) is 132 Å². The Morgan fingerprint density at radius 2 is 0.543 bits per heavy atom. The van der Waals surface area contributed by atoms with Crippen molar-refractivity contribution in [3.8, 4) is 17.2 Å². The number of hydrogen-bond acceptors (Lipinski definition) is 12. The van der Waals surface area contributed by atoms with E-state index in [1.54, 1.807) is 0 Å². The molecule has 6 nitrogen and oxygen atoms in total. The molecule has 70 heavy (non-hydrogen) atoms. The van der Waals surface area contributed by atoms with Crippen LogP contribution in [0.2, 0.25) is 0 Å². The summed E-state index contributed by atoms with van der Waals surface area (Å²) in [6, 6.07) is 17.9. The van der Waals surface area contributed by atoms with Crippen molar-refractivity contribution in [2.45, 2.75) is 234 Å². The van der Waals surface area contributed by atoms with E-state index in [-0.39, 0.29) is 21.1 Å². The summed E-state index contributed by atoms with van der Waals surface area (Å²) in [6.07, 6.45) is 35.2. The Hall–Kier alpha value is 0.628. The van der Waals surface area contributed by atoms with Gasteiger partial charge in [0.05, 0.1) is 0 Å². The molecular weight excluding hydrogens is 1130 g/mol. The van der Waals surface area contributed by atoms with Gasteiger partial charge in [0.25, 0.3) is 0 Å². The average molecular weight is 1210 g/mol. The molecule has 0 saturated carbocycles. The fourth-order valence-corrected chi connectivity index (χ4v) is 11.1. The van der Waals surface area contributed by atoms with Gasteiger partial charge < -0.3 is 65.0 Å². The minimum atomic E-state index is -3.35. The van der Waals surface area contributed by atoms with Crippen LogP contribution < -0.4 is 28.3 Å². The predicted molar refractivity (Wildman–Crippen MR) is 313 cm³/mol. The molecule has 0 fully saturated rings. The van der Waals surface area contributed by atoms with Crippen LogP contribution in [0.4, 0.5) is 0 Å². The average Bonchev–Trinajstić information content (AvgIpc) is 3.28. The molecule has 3 atom stereocenters. The van der Waals surface area contributed by atoms with Crippen LogP contribution in [0.25, 0.3) is 0 Å². The van der Waals surface area contributed by atoms with E-state index in [1.807, 2.05) is 36.4 Å². The zero-order chi connectivity index (χ0) is 51.4. The fraction of sp³-hybridized carbons (Fsp3) is 0.667. The molecule has 0 heterocycles. The van der Waals surface area contributed by atoms with Crippen LogP contribution >= 0.6 is 17.1 Å². The zero-order valence-corrected chi connectivity index (χ0v) is 53.1. The third-order valence-corrected chi connectivity index (χ3v) is 14.7. The van der Waals surface area contributed by atoms with Crippen LogP contribution in [0.3, 0.4) is 0 Å². The summed E-state index contributed by atoms with van der Waals surface area (Å²) in [7, 11) is 0. The number of aryl methyl sites for hydroxylation is 3. The van der Waals surface area contributed by atoms with E-state index in [1.165, 1.54) is 152 Å². The number of hydrogen-bond donors (Lipinski definition) is 0. The molecule has 3 unspecified atom stereocenters. The van der Waals surface area contributed by atoms with Crippen molar-refractivity contribution in [3.05, 3.63) is 88.0 Å². The second-order valence-electron chi connectivity index (χ2n) is 18.2. The third-order valence-electron chi connectivity index (χ3n) is 12.1. The van der Waals surface area contributed by atoms with Crippen molar-refractivity contribution in [2.75, 3.05) is 0 Å². The van der Waals surface area contributed by atoms with E-state index >= 15 is 0 Å². The molecule has 0 aliphatic carbocycles. The summed E-state index contributed by atoms with van der Waals surface area (Å²) >= 11 is 28.8. The molecule has 3 rings (SSSR count). The molecule has 0 radical (unpaired) electrons. The minimum absolute atomic E-state index is 0. The minimum Gasteiger partial charge on any atom is -0.809 e. The SMILES string of the molecule is CCCCCCc1cccc(OP([O-])(=S)[S-])c1CCCCCC.CCCCCCc1cccc(OP([O-])(=S)[S-])c1CCCCCC.CCCCCCc1cccc(OP([O-])(=S)[S-])c1CCCCCC.[Mo+6]. The molecule has 0 saturated heterocycles. The summed E-state index contributed by atoms with van der Waals surface area (Å²) in [5.41, 5.74) is -2.66. The van der Waals surface area contributed by atoms with Gasteiger partial charge in [-0.25, -0.2) is 0 Å². The molecular formula is C54H87MoO6P3S6. The van der Waals surface area contributed by atoms with E-state index in [9.17, 15) is 14.7 Å². The van der Waals surface area contributed by atoms with Gasteiger partial charge in [0.15, 0.2) is 0 Å². The van der Waals surface area contributed by atoms with E-state index < -0.39 is 17.1 Å². The maximum absolute atomic E-state index is 11.7. The first-order valence-electron chi connectivity index (χ1n) is 26.4. The molecule has 0 bridgehead atoms. The largest absolute Gasteiger partial charge is 6.00 e. The molecule has 16 heteroatoms. The summed E-state index contributed by atoms with van der Waals surface area (Å²) in [4.78, 5) is 35.2. The van der Waals surface area contributed by atoms with Crippen LogP contribution in [0, 0.1) is 0 Å². The molecule has 396 valence electrons. The van der Waals surface area contributed by atoms with Crippen molar-refractivity contribution in [3.63, 3.8) is 0 Å². The third kappa shape index (κ3) is 35.8. The number of rotatable bonds is 36. The zero-order valence-electron chi connectivity index (χ0n) is 43.6. The molecule has 0 spiro atoms. The Labute approximate surface area is 473 Å². The van der Waals surface area contributed by atoms with E-state index in [0.29, 0.717) is 17.2 Å². The Balaban J connectivity index is 0.00000101. The first-order valence-corrected chi connectivity index (χ1v) is 37.4. The van der Waals surface area contributed by atoms with Gasteiger partial charge in [-0.3, -0.25) is 0 Å². The van der Waals surface area contributed by atoms with Gasteiger partial charge in [0.1, 0.15) is 17.2 Å². The van der Waals surface area contributed by atoms with Crippen LogP contribution in [-0.4, -0.2) is 0 Å². The summed E-state index contributed by atoms with van der Waals surface area (Å²) in [5, 5.41) is 0. The van der Waals surface area contributed by atoms with Crippen LogP contribution in [0.15, 0.2) is 54.6 Å². The van der Waals surface area contributed by atoms with Crippen molar-refractivity contribution < 1.29 is 49.3 Å². The smallest absolute Gasteiger partial charge is 0.809 e. The molecule has 0 aliphatic rings. The monoisotopic (exact) mass is 1210 g/mol. The number of benzene rings is 3. The van der Waals surface area contributed by atoms with Gasteiger partial charge in [0.2, 0.25) is 0 Å². The van der Waals surface area contributed by atoms with Gasteiger partial charge in [-0.2, -0.15) is 0 Å². The fourth-order valence-electron chi connectivity index (χ4n) is 8.42. The predicted octanol–water partition coefficient (Wildman–Crippen LogP) is 16.3. The molecule has 3 aromatic carbocycles. The van der Waals surface area contributed by atoms with E-state index in [2.05, 4.69) is 59.7 Å². The standard InChI is InChI=1S/3C18H31O2PS2.Mo/c3*1-3-5-7-9-12-16-13-11-15-18(20-21(19,22)23)17(16)14-10-8-6-4-2;/h3*11,13,15H,3-10,12,14H2,1-2H3,(H2,19,22,23);/q;;;+6/p-6. The van der Waals surface area contributed by atoms with Crippen molar-refractivity contribution >= 4 is 89.2 Å².